The molecule has 3 aromatic rings. The number of rotatable bonds is 5. The highest BCUT2D eigenvalue weighted by Crippen LogP contribution is 2.27. The van der Waals surface area contributed by atoms with Crippen molar-refractivity contribution in [2.24, 2.45) is 0 Å². The van der Waals surface area contributed by atoms with Crippen molar-refractivity contribution in [3.63, 3.8) is 0 Å². The lowest BCUT2D eigenvalue weighted by molar-refractivity contribution is 0.0713. The summed E-state index contributed by atoms with van der Waals surface area (Å²) in [4.78, 5) is 21.6. The fraction of sp³-hybridized carbons (Fsp3) is 0.357. The van der Waals surface area contributed by atoms with E-state index in [1.807, 2.05) is 18.0 Å². The van der Waals surface area contributed by atoms with Crippen molar-refractivity contribution >= 4 is 5.91 Å². The minimum absolute atomic E-state index is 0.0803. The van der Waals surface area contributed by atoms with Gasteiger partial charge in [0.15, 0.2) is 0 Å². The Balaban J connectivity index is 1.23. The van der Waals surface area contributed by atoms with E-state index in [4.69, 9.17) is 0 Å². The molecule has 2 aromatic carbocycles. The number of aromatic nitrogens is 1. The van der Waals surface area contributed by atoms with Crippen molar-refractivity contribution in [2.45, 2.75) is 44.4 Å². The average Bonchev–Trinajstić information content (AvgIpc) is 3.27. The Morgan fingerprint density at radius 1 is 1.09 bits per heavy atom. The largest absolute Gasteiger partial charge is 0.392 e. The molecule has 0 radical (unpaired) electrons. The number of halogens is 1. The van der Waals surface area contributed by atoms with Gasteiger partial charge in [-0.2, -0.15) is 0 Å². The predicted octanol–water partition coefficient (Wildman–Crippen LogP) is 4.08. The normalized spacial score (nSPS) is 20.2. The number of carbonyl (C=O) groups excluding carboxylic acids is 1. The molecule has 1 fully saturated rings. The van der Waals surface area contributed by atoms with E-state index in [-0.39, 0.29) is 23.9 Å². The number of likely N-dealkylation sites (N-methyl/N-ethyl adjacent to an activating group) is 1. The molecule has 5 nitrogen and oxygen atoms in total. The molecule has 0 saturated carbocycles. The van der Waals surface area contributed by atoms with Crippen LogP contribution >= 0.6 is 0 Å². The zero-order valence-corrected chi connectivity index (χ0v) is 19.5. The van der Waals surface area contributed by atoms with Gasteiger partial charge < -0.3 is 10.0 Å². The molecule has 2 atom stereocenters. The number of benzene rings is 2. The molecular weight excluding hydrogens is 429 g/mol. The number of aliphatic hydroxyl groups is 1. The van der Waals surface area contributed by atoms with Crippen LogP contribution < -0.4 is 0 Å². The highest BCUT2D eigenvalue weighted by atomic mass is 19.1. The van der Waals surface area contributed by atoms with Gasteiger partial charge in [0.05, 0.1) is 6.10 Å². The highest BCUT2D eigenvalue weighted by molar-refractivity contribution is 5.92. The Labute approximate surface area is 199 Å². The fourth-order valence-electron chi connectivity index (χ4n) is 5.11. The third kappa shape index (κ3) is 4.88. The van der Waals surface area contributed by atoms with Gasteiger partial charge in [0.25, 0.3) is 5.91 Å². The Morgan fingerprint density at radius 2 is 1.88 bits per heavy atom. The highest BCUT2D eigenvalue weighted by Gasteiger charge is 2.27. The number of aryl methyl sites for hydroxylation is 1. The van der Waals surface area contributed by atoms with E-state index in [1.165, 1.54) is 28.8 Å². The number of aliphatic hydroxyl groups excluding tert-OH is 1. The maximum Gasteiger partial charge on any atom is 0.272 e. The molecule has 1 aliphatic heterocycles. The van der Waals surface area contributed by atoms with Crippen molar-refractivity contribution in [3.8, 4) is 11.1 Å². The molecule has 1 aromatic heterocycles. The standard InChI is InChI=1S/C28H30FN3O2/c1-31(28(34)27-11-7-23(16-30-27)20-4-8-24(29)9-5-20)25-10-6-21-14-19(2-3-22(21)15-25)17-32-13-12-26(33)18-32/h2-5,7-9,11,14,16,25-26,33H,6,10,12-13,15,17-18H2,1H3. The Hall–Kier alpha value is -3.09. The average molecular weight is 460 g/mol. The second-order valence-corrected chi connectivity index (χ2v) is 9.53. The van der Waals surface area contributed by atoms with Crippen LogP contribution in [0.15, 0.2) is 60.8 Å². The third-order valence-corrected chi connectivity index (χ3v) is 7.16. The molecule has 0 bridgehead atoms. The summed E-state index contributed by atoms with van der Waals surface area (Å²) in [5, 5.41) is 9.76. The summed E-state index contributed by atoms with van der Waals surface area (Å²) in [5.74, 6) is -0.356. The van der Waals surface area contributed by atoms with Gasteiger partial charge in [0.1, 0.15) is 11.5 Å². The number of β-amino-alcohol motifs (C(OH)–C–C–N with tert-alkyl or cyclic N) is 1. The number of hydrogen-bond acceptors (Lipinski definition) is 4. The first-order chi connectivity index (χ1) is 16.5. The van der Waals surface area contributed by atoms with Gasteiger partial charge in [0, 0.05) is 44.5 Å². The number of carbonyl (C=O) groups is 1. The maximum absolute atomic E-state index is 13.2. The van der Waals surface area contributed by atoms with Crippen LogP contribution in [-0.2, 0) is 19.4 Å². The molecule has 0 spiro atoms. The van der Waals surface area contributed by atoms with Crippen LogP contribution in [0, 0.1) is 5.82 Å². The molecule has 6 heteroatoms. The van der Waals surface area contributed by atoms with Crippen molar-refractivity contribution in [1.29, 1.82) is 0 Å². The van der Waals surface area contributed by atoms with Crippen LogP contribution in [0.5, 0.6) is 0 Å². The van der Waals surface area contributed by atoms with Gasteiger partial charge >= 0.3 is 0 Å². The summed E-state index contributed by atoms with van der Waals surface area (Å²) in [6, 6.07) is 16.7. The summed E-state index contributed by atoms with van der Waals surface area (Å²) in [6.07, 6.45) is 5.05. The van der Waals surface area contributed by atoms with Gasteiger partial charge in [-0.05, 0) is 66.1 Å². The van der Waals surface area contributed by atoms with Gasteiger partial charge in [-0.15, -0.1) is 0 Å². The lowest BCUT2D eigenvalue weighted by Gasteiger charge is -2.32. The summed E-state index contributed by atoms with van der Waals surface area (Å²) >= 11 is 0. The summed E-state index contributed by atoms with van der Waals surface area (Å²) < 4.78 is 13.2. The summed E-state index contributed by atoms with van der Waals surface area (Å²) in [6.45, 7) is 2.59. The van der Waals surface area contributed by atoms with Crippen molar-refractivity contribution < 1.29 is 14.3 Å². The zero-order chi connectivity index (χ0) is 23.7. The van der Waals surface area contributed by atoms with Gasteiger partial charge in [-0.1, -0.05) is 36.4 Å². The van der Waals surface area contributed by atoms with E-state index in [1.54, 1.807) is 24.4 Å². The van der Waals surface area contributed by atoms with Crippen LogP contribution in [0.25, 0.3) is 11.1 Å². The molecule has 2 aliphatic rings. The van der Waals surface area contributed by atoms with E-state index in [0.717, 1.165) is 56.4 Å². The second-order valence-electron chi connectivity index (χ2n) is 9.53. The Morgan fingerprint density at radius 3 is 2.59 bits per heavy atom. The van der Waals surface area contributed by atoms with Crippen molar-refractivity contribution in [1.82, 2.24) is 14.8 Å². The quantitative estimate of drug-likeness (QED) is 0.625. The van der Waals surface area contributed by atoms with Crippen LogP contribution in [-0.4, -0.2) is 58.1 Å². The van der Waals surface area contributed by atoms with Gasteiger partial charge in [-0.25, -0.2) is 4.39 Å². The first-order valence-electron chi connectivity index (χ1n) is 12.0. The molecule has 5 rings (SSSR count). The zero-order valence-electron chi connectivity index (χ0n) is 19.5. The second kappa shape index (κ2) is 9.65. The fourth-order valence-corrected chi connectivity index (χ4v) is 5.11. The minimum atomic E-state index is -0.276. The van der Waals surface area contributed by atoms with E-state index < -0.39 is 0 Å². The molecule has 176 valence electrons. The SMILES string of the molecule is CN(C(=O)c1ccc(-c2ccc(F)cc2)cn1)C1CCc2cc(CN3CCC(O)C3)ccc2C1. The van der Waals surface area contributed by atoms with Gasteiger partial charge in [-0.3, -0.25) is 14.7 Å². The smallest absolute Gasteiger partial charge is 0.272 e. The first-order valence-corrected chi connectivity index (χ1v) is 12.0. The number of pyridine rings is 1. The van der Waals surface area contributed by atoms with E-state index >= 15 is 0 Å². The Bertz CT molecular complexity index is 1160. The molecule has 1 aliphatic carbocycles. The number of amides is 1. The lowest BCUT2D eigenvalue weighted by Crippen LogP contribution is -2.41. The first kappa shape index (κ1) is 22.7. The van der Waals surface area contributed by atoms with E-state index in [9.17, 15) is 14.3 Å². The number of likely N-dealkylation sites (tertiary alicyclic amines) is 1. The molecule has 1 saturated heterocycles. The third-order valence-electron chi connectivity index (χ3n) is 7.16. The number of hydrogen-bond donors (Lipinski definition) is 1. The number of fused-ring (bicyclic) bond motifs is 1. The monoisotopic (exact) mass is 459 g/mol. The van der Waals surface area contributed by atoms with Gasteiger partial charge in [0.2, 0.25) is 0 Å². The molecule has 2 heterocycles. The molecule has 1 N–H and O–H groups in total. The van der Waals surface area contributed by atoms with E-state index in [2.05, 4.69) is 28.1 Å². The minimum Gasteiger partial charge on any atom is -0.392 e. The molecular formula is C28H30FN3O2. The lowest BCUT2D eigenvalue weighted by atomic mass is 9.86. The predicted molar refractivity (Wildman–Crippen MR) is 130 cm³/mol. The van der Waals surface area contributed by atoms with E-state index in [0.29, 0.717) is 5.69 Å². The van der Waals surface area contributed by atoms with Crippen LogP contribution in [0.4, 0.5) is 4.39 Å². The summed E-state index contributed by atoms with van der Waals surface area (Å²) in [5.41, 5.74) is 6.11. The molecule has 2 unspecified atom stereocenters. The van der Waals surface area contributed by atoms with Crippen molar-refractivity contribution in [3.05, 3.63) is 89.0 Å². The summed E-state index contributed by atoms with van der Waals surface area (Å²) in [7, 11) is 1.86. The van der Waals surface area contributed by atoms with Crippen LogP contribution in [0.2, 0.25) is 0 Å². The maximum atomic E-state index is 13.2. The topological polar surface area (TPSA) is 56.7 Å². The Kier molecular flexibility index (Phi) is 6.44. The molecule has 1 amide bonds. The molecule has 34 heavy (non-hydrogen) atoms. The van der Waals surface area contributed by atoms with Crippen LogP contribution in [0.3, 0.4) is 0 Å². The van der Waals surface area contributed by atoms with Crippen molar-refractivity contribution in [2.75, 3.05) is 20.1 Å². The van der Waals surface area contributed by atoms with Crippen LogP contribution in [0.1, 0.15) is 40.0 Å². The number of nitrogens with zero attached hydrogens (tertiary/aromatic N) is 3.